The Labute approximate surface area is 195 Å². The van der Waals surface area contributed by atoms with Crippen molar-refractivity contribution in [3.05, 3.63) is 97.8 Å². The zero-order chi connectivity index (χ0) is 20.9. The third-order valence-electron chi connectivity index (χ3n) is 4.19. The number of hydrogen-bond donors (Lipinski definition) is 1. The highest BCUT2D eigenvalue weighted by Gasteiger charge is 2.23. The predicted octanol–water partition coefficient (Wildman–Crippen LogP) is 6.68. The van der Waals surface area contributed by atoms with Gasteiger partial charge in [-0.05, 0) is 71.4 Å². The van der Waals surface area contributed by atoms with Crippen LogP contribution in [-0.2, 0) is 11.4 Å². The topological polar surface area (TPSA) is 50.7 Å². The number of halogens is 2. The van der Waals surface area contributed by atoms with Gasteiger partial charge >= 0.3 is 0 Å². The average molecular weight is 544 g/mol. The Hall–Kier alpha value is -2.35. The molecule has 150 valence electrons. The minimum atomic E-state index is -0.149. The molecule has 1 saturated heterocycles. The Kier molecular flexibility index (Phi) is 6.72. The van der Waals surface area contributed by atoms with Crippen LogP contribution in [0.15, 0.2) is 91.6 Å². The lowest BCUT2D eigenvalue weighted by Crippen LogP contribution is -2.19. The first-order valence-corrected chi connectivity index (χ1v) is 11.5. The maximum atomic E-state index is 12.3. The smallest absolute Gasteiger partial charge is 0.264 e. The molecule has 4 nitrogen and oxygen atoms in total. The number of hydrogen-bond acceptors (Lipinski definition) is 4. The van der Waals surface area contributed by atoms with E-state index in [2.05, 4.69) is 42.2 Å². The maximum absolute atomic E-state index is 12.3. The van der Waals surface area contributed by atoms with Crippen molar-refractivity contribution in [2.24, 2.45) is 4.99 Å². The van der Waals surface area contributed by atoms with Crippen molar-refractivity contribution in [2.75, 3.05) is 0 Å². The molecule has 0 saturated carbocycles. The van der Waals surface area contributed by atoms with E-state index >= 15 is 0 Å². The Morgan fingerprint density at radius 3 is 2.47 bits per heavy atom. The fraction of sp³-hybridized carbons (Fsp3) is 0.0435. The molecule has 4 rings (SSSR count). The minimum absolute atomic E-state index is 0.149. The summed E-state index contributed by atoms with van der Waals surface area (Å²) in [6.07, 6.45) is 1.85. The first-order chi connectivity index (χ1) is 14.5. The number of ether oxygens (including phenoxy) is 1. The van der Waals surface area contributed by atoms with Crippen LogP contribution in [-0.4, -0.2) is 11.1 Å². The van der Waals surface area contributed by atoms with E-state index in [4.69, 9.17) is 4.74 Å². The standard InChI is InChI=1S/C23H16Br2N2O2S/c24-17-8-4-16(5-9-17)14-29-20-10-6-15(7-11-20)12-21-22(28)27-23(30-21)26-19-3-1-2-18(25)13-19/h1-13H,14H2,(H,26,27,28)/b21-12-. The summed E-state index contributed by atoms with van der Waals surface area (Å²) in [4.78, 5) is 17.4. The molecule has 30 heavy (non-hydrogen) atoms. The van der Waals surface area contributed by atoms with Crippen molar-refractivity contribution in [3.8, 4) is 5.75 Å². The molecule has 3 aromatic rings. The van der Waals surface area contributed by atoms with Crippen molar-refractivity contribution in [2.45, 2.75) is 6.61 Å². The third-order valence-corrected chi connectivity index (χ3v) is 6.12. The lowest BCUT2D eigenvalue weighted by Gasteiger charge is -2.07. The molecule has 0 spiro atoms. The molecule has 0 unspecified atom stereocenters. The molecule has 1 amide bonds. The summed E-state index contributed by atoms with van der Waals surface area (Å²) >= 11 is 8.18. The van der Waals surface area contributed by atoms with Crippen LogP contribution >= 0.6 is 43.6 Å². The van der Waals surface area contributed by atoms with Gasteiger partial charge in [0.2, 0.25) is 0 Å². The summed E-state index contributed by atoms with van der Waals surface area (Å²) in [6.45, 7) is 0.501. The molecule has 3 aromatic carbocycles. The van der Waals surface area contributed by atoms with Gasteiger partial charge < -0.3 is 10.1 Å². The largest absolute Gasteiger partial charge is 0.489 e. The fourth-order valence-corrected chi connectivity index (χ4v) is 4.20. The maximum Gasteiger partial charge on any atom is 0.264 e. The molecule has 1 fully saturated rings. The van der Waals surface area contributed by atoms with Crippen molar-refractivity contribution >= 4 is 66.5 Å². The normalized spacial score (nSPS) is 16.1. The Morgan fingerprint density at radius 1 is 0.967 bits per heavy atom. The average Bonchev–Trinajstić information content (AvgIpc) is 3.07. The van der Waals surface area contributed by atoms with Crippen LogP contribution in [0, 0.1) is 0 Å². The van der Waals surface area contributed by atoms with Gasteiger partial charge in [-0.15, -0.1) is 0 Å². The number of rotatable bonds is 5. The quantitative estimate of drug-likeness (QED) is 0.365. The number of thioether (sulfide) groups is 1. The second-order valence-electron chi connectivity index (χ2n) is 6.45. The second-order valence-corrected chi connectivity index (χ2v) is 9.31. The van der Waals surface area contributed by atoms with Crippen LogP contribution in [0.4, 0.5) is 5.69 Å². The van der Waals surface area contributed by atoms with E-state index in [9.17, 15) is 4.79 Å². The molecular weight excluding hydrogens is 528 g/mol. The number of benzene rings is 3. The first-order valence-electron chi connectivity index (χ1n) is 9.08. The monoisotopic (exact) mass is 542 g/mol. The van der Waals surface area contributed by atoms with Crippen LogP contribution in [0.3, 0.4) is 0 Å². The molecular formula is C23H16Br2N2O2S. The molecule has 0 bridgehead atoms. The summed E-state index contributed by atoms with van der Waals surface area (Å²) in [5.74, 6) is 0.629. The van der Waals surface area contributed by atoms with E-state index in [-0.39, 0.29) is 5.91 Å². The van der Waals surface area contributed by atoms with Gasteiger partial charge in [0, 0.05) is 8.95 Å². The number of nitrogens with zero attached hydrogens (tertiary/aromatic N) is 1. The lowest BCUT2D eigenvalue weighted by molar-refractivity contribution is -0.115. The predicted molar refractivity (Wildman–Crippen MR) is 130 cm³/mol. The van der Waals surface area contributed by atoms with Gasteiger partial charge in [-0.3, -0.25) is 4.79 Å². The number of carbonyl (C=O) groups is 1. The van der Waals surface area contributed by atoms with Crippen molar-refractivity contribution in [1.82, 2.24) is 5.32 Å². The van der Waals surface area contributed by atoms with Crippen LogP contribution in [0.1, 0.15) is 11.1 Å². The molecule has 7 heteroatoms. The van der Waals surface area contributed by atoms with E-state index in [1.807, 2.05) is 78.9 Å². The van der Waals surface area contributed by atoms with E-state index in [1.54, 1.807) is 0 Å². The van der Waals surface area contributed by atoms with Gasteiger partial charge in [-0.1, -0.05) is 62.2 Å². The van der Waals surface area contributed by atoms with E-state index < -0.39 is 0 Å². The Balaban J connectivity index is 1.40. The van der Waals surface area contributed by atoms with Gasteiger partial charge in [0.25, 0.3) is 5.91 Å². The molecule has 1 aliphatic rings. The molecule has 1 N–H and O–H groups in total. The van der Waals surface area contributed by atoms with Gasteiger partial charge in [-0.25, -0.2) is 4.99 Å². The number of carbonyl (C=O) groups excluding carboxylic acids is 1. The molecule has 0 aromatic heterocycles. The van der Waals surface area contributed by atoms with E-state index in [0.717, 1.165) is 31.5 Å². The second kappa shape index (κ2) is 9.64. The number of aliphatic imine (C=N–C) groups is 1. The highest BCUT2D eigenvalue weighted by molar-refractivity contribution is 9.10. The van der Waals surface area contributed by atoms with Crippen LogP contribution in [0.2, 0.25) is 0 Å². The van der Waals surface area contributed by atoms with Crippen molar-refractivity contribution in [1.29, 1.82) is 0 Å². The van der Waals surface area contributed by atoms with Gasteiger partial charge in [0.15, 0.2) is 5.17 Å². The van der Waals surface area contributed by atoms with E-state index in [1.165, 1.54) is 11.8 Å². The molecule has 0 radical (unpaired) electrons. The first kappa shape index (κ1) is 20.9. The summed E-state index contributed by atoms with van der Waals surface area (Å²) in [5, 5.41) is 3.38. The Bertz CT molecular complexity index is 1130. The SMILES string of the molecule is O=C1NC(=Nc2cccc(Br)c2)S/C1=C\c1ccc(OCc2ccc(Br)cc2)cc1. The number of amides is 1. The molecule has 1 aliphatic heterocycles. The molecule has 0 atom stereocenters. The third kappa shape index (κ3) is 5.62. The lowest BCUT2D eigenvalue weighted by atomic mass is 10.2. The zero-order valence-electron chi connectivity index (χ0n) is 15.6. The number of amidine groups is 1. The van der Waals surface area contributed by atoms with E-state index in [0.29, 0.717) is 16.7 Å². The van der Waals surface area contributed by atoms with Crippen molar-refractivity contribution in [3.63, 3.8) is 0 Å². The molecule has 1 heterocycles. The molecule has 0 aliphatic carbocycles. The van der Waals surface area contributed by atoms with Crippen LogP contribution in [0.25, 0.3) is 6.08 Å². The van der Waals surface area contributed by atoms with Gasteiger partial charge in [0.1, 0.15) is 12.4 Å². The highest BCUT2D eigenvalue weighted by atomic mass is 79.9. The zero-order valence-corrected chi connectivity index (χ0v) is 19.6. The van der Waals surface area contributed by atoms with Gasteiger partial charge in [0.05, 0.1) is 10.6 Å². The van der Waals surface area contributed by atoms with Gasteiger partial charge in [-0.2, -0.15) is 0 Å². The summed E-state index contributed by atoms with van der Waals surface area (Å²) in [6, 6.07) is 23.3. The highest BCUT2D eigenvalue weighted by Crippen LogP contribution is 2.29. The number of nitrogens with one attached hydrogen (secondary N) is 1. The van der Waals surface area contributed by atoms with Crippen molar-refractivity contribution < 1.29 is 9.53 Å². The van der Waals surface area contributed by atoms with Crippen LogP contribution in [0.5, 0.6) is 5.75 Å². The minimum Gasteiger partial charge on any atom is -0.489 e. The summed E-state index contributed by atoms with van der Waals surface area (Å²) in [5.41, 5.74) is 2.80. The fourth-order valence-electron chi connectivity index (χ4n) is 2.70. The summed E-state index contributed by atoms with van der Waals surface area (Å²) in [7, 11) is 0. The Morgan fingerprint density at radius 2 is 1.73 bits per heavy atom. The van der Waals surface area contributed by atoms with Crippen LogP contribution < -0.4 is 10.1 Å². The summed E-state index contributed by atoms with van der Waals surface area (Å²) < 4.78 is 7.81.